The summed E-state index contributed by atoms with van der Waals surface area (Å²) in [6.07, 6.45) is 4.19. The van der Waals surface area contributed by atoms with Crippen molar-refractivity contribution in [3.05, 3.63) is 12.3 Å². The molecule has 0 radical (unpaired) electrons. The molecular weight excluding hydrogens is 200 g/mol. The van der Waals surface area contributed by atoms with Crippen LogP contribution in [0, 0.1) is 11.8 Å². The lowest BCUT2D eigenvalue weighted by Gasteiger charge is -2.33. The monoisotopic (exact) mass is 220 g/mol. The molecule has 16 heavy (non-hydrogen) atoms. The summed E-state index contributed by atoms with van der Waals surface area (Å²) in [6, 6.07) is 1.73. The maximum absolute atomic E-state index is 5.66. The molecular formula is C12H20N4. The predicted molar refractivity (Wildman–Crippen MR) is 66.2 cm³/mol. The largest absolute Gasteiger partial charge is 0.384 e. The van der Waals surface area contributed by atoms with E-state index in [1.165, 1.54) is 12.8 Å². The zero-order chi connectivity index (χ0) is 11.5. The zero-order valence-electron chi connectivity index (χ0n) is 10.1. The van der Waals surface area contributed by atoms with E-state index in [0.29, 0.717) is 5.82 Å². The molecule has 4 heteroatoms. The summed E-state index contributed by atoms with van der Waals surface area (Å²) in [6.45, 7) is 6.70. The molecule has 2 N–H and O–H groups in total. The van der Waals surface area contributed by atoms with E-state index in [2.05, 4.69) is 28.7 Å². The van der Waals surface area contributed by atoms with E-state index in [-0.39, 0.29) is 0 Å². The van der Waals surface area contributed by atoms with Crippen molar-refractivity contribution in [1.29, 1.82) is 0 Å². The molecule has 0 amide bonds. The van der Waals surface area contributed by atoms with Gasteiger partial charge in [-0.2, -0.15) is 4.98 Å². The fourth-order valence-corrected chi connectivity index (χ4v) is 2.28. The molecule has 2 rings (SSSR count). The lowest BCUT2D eigenvalue weighted by molar-refractivity contribution is 0.310. The first-order valence-corrected chi connectivity index (χ1v) is 6.00. The molecule has 88 valence electrons. The van der Waals surface area contributed by atoms with Gasteiger partial charge < -0.3 is 10.6 Å². The van der Waals surface area contributed by atoms with Crippen molar-refractivity contribution in [3.8, 4) is 0 Å². The molecule has 1 aromatic rings. The summed E-state index contributed by atoms with van der Waals surface area (Å²) in [5.41, 5.74) is 5.66. The Morgan fingerprint density at radius 1 is 1.38 bits per heavy atom. The molecule has 0 bridgehead atoms. The van der Waals surface area contributed by atoms with Gasteiger partial charge in [-0.15, -0.1) is 0 Å². The van der Waals surface area contributed by atoms with Gasteiger partial charge in [0.2, 0.25) is 5.95 Å². The van der Waals surface area contributed by atoms with Crippen LogP contribution in [0.1, 0.15) is 26.7 Å². The molecule has 1 aromatic heterocycles. The van der Waals surface area contributed by atoms with Crippen molar-refractivity contribution < 1.29 is 0 Å². The Balaban J connectivity index is 1.99. The van der Waals surface area contributed by atoms with Crippen molar-refractivity contribution in [1.82, 2.24) is 9.97 Å². The summed E-state index contributed by atoms with van der Waals surface area (Å²) >= 11 is 0. The van der Waals surface area contributed by atoms with Gasteiger partial charge in [0.25, 0.3) is 0 Å². The number of hydrogen-bond acceptors (Lipinski definition) is 4. The molecule has 1 aliphatic rings. The highest BCUT2D eigenvalue weighted by atomic mass is 15.3. The first-order chi connectivity index (χ1) is 7.66. The van der Waals surface area contributed by atoms with E-state index in [4.69, 9.17) is 5.73 Å². The Morgan fingerprint density at radius 2 is 2.06 bits per heavy atom. The second-order valence-corrected chi connectivity index (χ2v) is 4.85. The number of anilines is 2. The quantitative estimate of drug-likeness (QED) is 0.827. The van der Waals surface area contributed by atoms with Crippen LogP contribution in [-0.2, 0) is 0 Å². The molecule has 0 spiro atoms. The first kappa shape index (κ1) is 11.2. The van der Waals surface area contributed by atoms with Gasteiger partial charge in [-0.25, -0.2) is 4.98 Å². The molecule has 0 saturated carbocycles. The lowest BCUT2D eigenvalue weighted by atomic mass is 9.87. The number of piperidine rings is 1. The van der Waals surface area contributed by atoms with Gasteiger partial charge in [0.05, 0.1) is 0 Å². The summed E-state index contributed by atoms with van der Waals surface area (Å²) in [5, 5.41) is 0. The van der Waals surface area contributed by atoms with E-state index < -0.39 is 0 Å². The van der Waals surface area contributed by atoms with Gasteiger partial charge in [0.15, 0.2) is 0 Å². The van der Waals surface area contributed by atoms with Crippen molar-refractivity contribution in [2.24, 2.45) is 11.8 Å². The highest BCUT2D eigenvalue weighted by molar-refractivity contribution is 5.37. The van der Waals surface area contributed by atoms with Gasteiger partial charge in [-0.05, 0) is 30.7 Å². The molecule has 1 fully saturated rings. The van der Waals surface area contributed by atoms with Gasteiger partial charge in [-0.3, -0.25) is 0 Å². The van der Waals surface area contributed by atoms with Gasteiger partial charge in [0.1, 0.15) is 5.82 Å². The van der Waals surface area contributed by atoms with Crippen LogP contribution < -0.4 is 10.6 Å². The Labute approximate surface area is 96.9 Å². The standard InChI is InChI=1S/C12H20N4/c1-9(2)10-4-7-16(8-5-10)12-14-6-3-11(13)15-12/h3,6,9-10H,4-5,7-8H2,1-2H3,(H2,13,14,15). The van der Waals surface area contributed by atoms with Gasteiger partial charge in [-0.1, -0.05) is 13.8 Å². The van der Waals surface area contributed by atoms with Crippen LogP contribution in [0.5, 0.6) is 0 Å². The minimum Gasteiger partial charge on any atom is -0.384 e. The average Bonchev–Trinajstić information content (AvgIpc) is 2.29. The van der Waals surface area contributed by atoms with Crippen molar-refractivity contribution >= 4 is 11.8 Å². The van der Waals surface area contributed by atoms with E-state index >= 15 is 0 Å². The number of nitrogens with zero attached hydrogens (tertiary/aromatic N) is 3. The SMILES string of the molecule is CC(C)C1CCN(c2nccc(N)n2)CC1. The number of rotatable bonds is 2. The van der Waals surface area contributed by atoms with Crippen LogP contribution in [0.2, 0.25) is 0 Å². The minimum absolute atomic E-state index is 0.552. The molecule has 1 saturated heterocycles. The number of hydrogen-bond donors (Lipinski definition) is 1. The molecule has 4 nitrogen and oxygen atoms in total. The molecule has 0 aliphatic carbocycles. The van der Waals surface area contributed by atoms with Gasteiger partial charge >= 0.3 is 0 Å². The van der Waals surface area contributed by atoms with E-state index in [0.717, 1.165) is 30.9 Å². The van der Waals surface area contributed by atoms with Gasteiger partial charge in [0, 0.05) is 19.3 Å². The van der Waals surface area contributed by atoms with E-state index in [1.807, 2.05) is 0 Å². The van der Waals surface area contributed by atoms with E-state index in [9.17, 15) is 0 Å². The Hall–Kier alpha value is -1.32. The topological polar surface area (TPSA) is 55.0 Å². The van der Waals surface area contributed by atoms with Crippen LogP contribution in [-0.4, -0.2) is 23.1 Å². The third-order valence-corrected chi connectivity index (χ3v) is 3.43. The zero-order valence-corrected chi connectivity index (χ0v) is 10.1. The summed E-state index contributed by atoms with van der Waals surface area (Å²) in [5.74, 6) is 2.96. The minimum atomic E-state index is 0.552. The Morgan fingerprint density at radius 3 is 2.62 bits per heavy atom. The first-order valence-electron chi connectivity index (χ1n) is 6.00. The average molecular weight is 220 g/mol. The van der Waals surface area contributed by atoms with Crippen LogP contribution in [0.25, 0.3) is 0 Å². The van der Waals surface area contributed by atoms with Crippen molar-refractivity contribution in [3.63, 3.8) is 0 Å². The molecule has 1 aliphatic heterocycles. The summed E-state index contributed by atoms with van der Waals surface area (Å²) < 4.78 is 0. The number of nitrogens with two attached hydrogens (primary N) is 1. The highest BCUT2D eigenvalue weighted by Crippen LogP contribution is 2.26. The number of nitrogen functional groups attached to an aromatic ring is 1. The lowest BCUT2D eigenvalue weighted by Crippen LogP contribution is -2.36. The fraction of sp³-hybridized carbons (Fsp3) is 0.667. The van der Waals surface area contributed by atoms with Crippen LogP contribution in [0.3, 0.4) is 0 Å². The van der Waals surface area contributed by atoms with Crippen molar-refractivity contribution in [2.45, 2.75) is 26.7 Å². The second kappa shape index (κ2) is 4.68. The third kappa shape index (κ3) is 2.43. The second-order valence-electron chi connectivity index (χ2n) is 4.85. The number of aromatic nitrogens is 2. The Kier molecular flexibility index (Phi) is 3.27. The molecule has 0 unspecified atom stereocenters. The fourth-order valence-electron chi connectivity index (χ4n) is 2.28. The molecule has 0 aromatic carbocycles. The van der Waals surface area contributed by atoms with Crippen LogP contribution in [0.15, 0.2) is 12.3 Å². The van der Waals surface area contributed by atoms with Crippen molar-refractivity contribution in [2.75, 3.05) is 23.7 Å². The normalized spacial score (nSPS) is 18.1. The summed E-state index contributed by atoms with van der Waals surface area (Å²) in [7, 11) is 0. The maximum Gasteiger partial charge on any atom is 0.227 e. The van der Waals surface area contributed by atoms with Crippen LogP contribution in [0.4, 0.5) is 11.8 Å². The maximum atomic E-state index is 5.66. The smallest absolute Gasteiger partial charge is 0.227 e. The Bertz CT molecular complexity index is 343. The molecule has 2 heterocycles. The predicted octanol–water partition coefficient (Wildman–Crippen LogP) is 1.93. The molecule has 0 atom stereocenters. The van der Waals surface area contributed by atoms with Crippen LogP contribution >= 0.6 is 0 Å². The summed E-state index contributed by atoms with van der Waals surface area (Å²) in [4.78, 5) is 10.8. The highest BCUT2D eigenvalue weighted by Gasteiger charge is 2.22. The van der Waals surface area contributed by atoms with E-state index in [1.54, 1.807) is 12.3 Å². The third-order valence-electron chi connectivity index (χ3n) is 3.43.